The fourth-order valence-electron chi connectivity index (χ4n) is 2.89. The van der Waals surface area contributed by atoms with E-state index in [0.717, 1.165) is 18.5 Å². The molecule has 1 saturated heterocycles. The van der Waals surface area contributed by atoms with Crippen LogP contribution in [0.1, 0.15) is 18.5 Å². The second-order valence-electron chi connectivity index (χ2n) is 6.31. The van der Waals surface area contributed by atoms with Crippen LogP contribution in [0.5, 0.6) is 17.4 Å². The second kappa shape index (κ2) is 8.57. The van der Waals surface area contributed by atoms with Gasteiger partial charge in [-0.2, -0.15) is 5.10 Å². The number of urea groups is 1. The summed E-state index contributed by atoms with van der Waals surface area (Å²) in [7, 11) is 3.14. The minimum atomic E-state index is -0.160. The predicted molar refractivity (Wildman–Crippen MR) is 101 cm³/mol. The molecular formula is C19H24N4O4. The number of carbonyl (C=O) groups is 1. The molecule has 8 nitrogen and oxygen atoms in total. The first-order chi connectivity index (χ1) is 13.1. The predicted octanol–water partition coefficient (Wildman–Crippen LogP) is 2.88. The van der Waals surface area contributed by atoms with Gasteiger partial charge in [0.25, 0.3) is 0 Å². The molecular weight excluding hydrogens is 348 g/mol. The van der Waals surface area contributed by atoms with Crippen LogP contribution in [0.2, 0.25) is 0 Å². The highest BCUT2D eigenvalue weighted by Gasteiger charge is 2.25. The summed E-state index contributed by atoms with van der Waals surface area (Å²) in [6, 6.07) is 8.80. The van der Waals surface area contributed by atoms with E-state index in [0.29, 0.717) is 36.2 Å². The SMILES string of the molecule is COc1ccc(NC(=O)N2CCC(Oc3ccc(C)nn3)CC2)c(OC)c1. The van der Waals surface area contributed by atoms with Crippen molar-refractivity contribution in [3.63, 3.8) is 0 Å². The summed E-state index contributed by atoms with van der Waals surface area (Å²) in [5.41, 5.74) is 1.46. The van der Waals surface area contributed by atoms with Crippen molar-refractivity contribution >= 4 is 11.7 Å². The van der Waals surface area contributed by atoms with Crippen molar-refractivity contribution in [2.75, 3.05) is 32.6 Å². The smallest absolute Gasteiger partial charge is 0.321 e. The summed E-state index contributed by atoms with van der Waals surface area (Å²) >= 11 is 0. The third-order valence-corrected chi connectivity index (χ3v) is 4.44. The Hall–Kier alpha value is -3.03. The highest BCUT2D eigenvalue weighted by Crippen LogP contribution is 2.29. The molecule has 1 aliphatic rings. The van der Waals surface area contributed by atoms with Crippen molar-refractivity contribution in [3.8, 4) is 17.4 Å². The molecule has 8 heteroatoms. The number of aromatic nitrogens is 2. The first-order valence-corrected chi connectivity index (χ1v) is 8.84. The van der Waals surface area contributed by atoms with E-state index in [1.807, 2.05) is 19.1 Å². The molecule has 1 aromatic carbocycles. The van der Waals surface area contributed by atoms with Crippen LogP contribution in [0.4, 0.5) is 10.5 Å². The Kier molecular flexibility index (Phi) is 5.95. The Labute approximate surface area is 158 Å². The molecule has 2 amide bonds. The van der Waals surface area contributed by atoms with Crippen LogP contribution >= 0.6 is 0 Å². The number of aryl methyl sites for hydroxylation is 1. The van der Waals surface area contributed by atoms with Crippen LogP contribution in [-0.4, -0.2) is 54.5 Å². The molecule has 0 unspecified atom stereocenters. The Morgan fingerprint density at radius 3 is 2.52 bits per heavy atom. The normalized spacial score (nSPS) is 14.6. The molecule has 27 heavy (non-hydrogen) atoms. The minimum absolute atomic E-state index is 0.0292. The van der Waals surface area contributed by atoms with Crippen molar-refractivity contribution in [3.05, 3.63) is 36.0 Å². The zero-order chi connectivity index (χ0) is 19.2. The number of likely N-dealkylation sites (tertiary alicyclic amines) is 1. The maximum absolute atomic E-state index is 12.6. The van der Waals surface area contributed by atoms with Crippen molar-refractivity contribution in [1.29, 1.82) is 0 Å². The number of rotatable bonds is 5. The van der Waals surface area contributed by atoms with Crippen molar-refractivity contribution in [2.45, 2.75) is 25.9 Å². The molecule has 144 valence electrons. The monoisotopic (exact) mass is 372 g/mol. The lowest BCUT2D eigenvalue weighted by molar-refractivity contribution is 0.110. The summed E-state index contributed by atoms with van der Waals surface area (Å²) in [4.78, 5) is 14.3. The van der Waals surface area contributed by atoms with E-state index >= 15 is 0 Å². The minimum Gasteiger partial charge on any atom is -0.497 e. The van der Waals surface area contributed by atoms with Gasteiger partial charge in [-0.1, -0.05) is 0 Å². The third-order valence-electron chi connectivity index (χ3n) is 4.44. The topological polar surface area (TPSA) is 85.8 Å². The van der Waals surface area contributed by atoms with E-state index < -0.39 is 0 Å². The quantitative estimate of drug-likeness (QED) is 0.869. The largest absolute Gasteiger partial charge is 0.497 e. The molecule has 0 saturated carbocycles. The number of carbonyl (C=O) groups excluding carboxylic acids is 1. The maximum atomic E-state index is 12.6. The van der Waals surface area contributed by atoms with E-state index in [1.165, 1.54) is 0 Å². The Morgan fingerprint density at radius 1 is 1.11 bits per heavy atom. The number of nitrogens with one attached hydrogen (secondary N) is 1. The first-order valence-electron chi connectivity index (χ1n) is 8.84. The third kappa shape index (κ3) is 4.78. The summed E-state index contributed by atoms with van der Waals surface area (Å²) in [6.07, 6.45) is 1.51. The fraction of sp³-hybridized carbons (Fsp3) is 0.421. The molecule has 3 rings (SSSR count). The highest BCUT2D eigenvalue weighted by atomic mass is 16.5. The second-order valence-corrected chi connectivity index (χ2v) is 6.31. The number of methoxy groups -OCH3 is 2. The van der Waals surface area contributed by atoms with E-state index in [-0.39, 0.29) is 12.1 Å². The molecule has 1 aromatic heterocycles. The van der Waals surface area contributed by atoms with Gasteiger partial charge >= 0.3 is 6.03 Å². The van der Waals surface area contributed by atoms with Gasteiger partial charge in [0, 0.05) is 38.1 Å². The number of hydrogen-bond acceptors (Lipinski definition) is 6. The molecule has 2 heterocycles. The zero-order valence-electron chi connectivity index (χ0n) is 15.8. The summed E-state index contributed by atoms with van der Waals surface area (Å²) in [5.74, 6) is 1.74. The van der Waals surface area contributed by atoms with Crippen LogP contribution < -0.4 is 19.5 Å². The number of ether oxygens (including phenoxy) is 3. The Bertz CT molecular complexity index is 774. The average Bonchev–Trinajstić information content (AvgIpc) is 2.70. The van der Waals surface area contributed by atoms with E-state index in [2.05, 4.69) is 15.5 Å². The van der Waals surface area contributed by atoms with Crippen LogP contribution in [-0.2, 0) is 0 Å². The highest BCUT2D eigenvalue weighted by molar-refractivity contribution is 5.91. The van der Waals surface area contributed by atoms with Crippen molar-refractivity contribution in [2.24, 2.45) is 0 Å². The maximum Gasteiger partial charge on any atom is 0.321 e. The van der Waals surface area contributed by atoms with Crippen molar-refractivity contribution in [1.82, 2.24) is 15.1 Å². The van der Waals surface area contributed by atoms with Gasteiger partial charge in [-0.3, -0.25) is 0 Å². The Balaban J connectivity index is 1.53. The van der Waals surface area contributed by atoms with Gasteiger partial charge in [-0.25, -0.2) is 4.79 Å². The number of piperidine rings is 1. The van der Waals surface area contributed by atoms with E-state index in [1.54, 1.807) is 37.3 Å². The first kappa shape index (κ1) is 18.8. The molecule has 0 aliphatic carbocycles. The summed E-state index contributed by atoms with van der Waals surface area (Å²) in [6.45, 7) is 3.09. The zero-order valence-corrected chi connectivity index (χ0v) is 15.8. The lowest BCUT2D eigenvalue weighted by Gasteiger charge is -2.32. The molecule has 0 atom stereocenters. The van der Waals surface area contributed by atoms with Gasteiger partial charge in [0.05, 0.1) is 25.6 Å². The molecule has 0 bridgehead atoms. The Morgan fingerprint density at radius 2 is 1.89 bits per heavy atom. The molecule has 1 N–H and O–H groups in total. The lowest BCUT2D eigenvalue weighted by atomic mass is 10.1. The number of benzene rings is 1. The molecule has 0 radical (unpaired) electrons. The molecule has 1 aliphatic heterocycles. The van der Waals surface area contributed by atoms with Gasteiger partial charge < -0.3 is 24.4 Å². The van der Waals surface area contributed by atoms with Crippen LogP contribution in [0.3, 0.4) is 0 Å². The van der Waals surface area contributed by atoms with E-state index in [4.69, 9.17) is 14.2 Å². The van der Waals surface area contributed by atoms with Gasteiger partial charge in [-0.05, 0) is 25.1 Å². The molecule has 2 aromatic rings. The van der Waals surface area contributed by atoms with Crippen LogP contribution in [0, 0.1) is 6.92 Å². The molecule has 1 fully saturated rings. The van der Waals surface area contributed by atoms with Crippen LogP contribution in [0.15, 0.2) is 30.3 Å². The average molecular weight is 372 g/mol. The fourth-order valence-corrected chi connectivity index (χ4v) is 2.89. The lowest BCUT2D eigenvalue weighted by Crippen LogP contribution is -2.43. The summed E-state index contributed by atoms with van der Waals surface area (Å²) < 4.78 is 16.3. The standard InChI is InChI=1S/C19H24N4O4/c1-13-4-7-18(22-21-13)27-14-8-10-23(11-9-14)19(24)20-16-6-5-15(25-2)12-17(16)26-3/h4-7,12,14H,8-11H2,1-3H3,(H,20,24). The van der Waals surface area contributed by atoms with Gasteiger partial charge in [0.1, 0.15) is 17.6 Å². The number of anilines is 1. The van der Waals surface area contributed by atoms with Gasteiger partial charge in [0.2, 0.25) is 5.88 Å². The molecule has 0 spiro atoms. The van der Waals surface area contributed by atoms with Crippen LogP contribution in [0.25, 0.3) is 0 Å². The van der Waals surface area contributed by atoms with Gasteiger partial charge in [0.15, 0.2) is 0 Å². The summed E-state index contributed by atoms with van der Waals surface area (Å²) in [5, 5.41) is 10.9. The van der Waals surface area contributed by atoms with Crippen molar-refractivity contribution < 1.29 is 19.0 Å². The number of nitrogens with zero attached hydrogens (tertiary/aromatic N) is 3. The number of hydrogen-bond donors (Lipinski definition) is 1. The van der Waals surface area contributed by atoms with Gasteiger partial charge in [-0.15, -0.1) is 5.10 Å². The van der Waals surface area contributed by atoms with E-state index in [9.17, 15) is 4.79 Å². The number of amides is 2.